The van der Waals surface area contributed by atoms with E-state index in [1.54, 1.807) is 20.2 Å². The van der Waals surface area contributed by atoms with E-state index in [1.807, 2.05) is 30.5 Å². The number of ether oxygens (including phenoxy) is 3. The number of rotatable bonds is 8. The first-order valence-corrected chi connectivity index (χ1v) is 10.6. The molecule has 0 amide bonds. The molecule has 168 valence electrons. The lowest BCUT2D eigenvalue weighted by molar-refractivity contribution is 0.0523. The van der Waals surface area contributed by atoms with Gasteiger partial charge in [0.25, 0.3) is 0 Å². The summed E-state index contributed by atoms with van der Waals surface area (Å²) >= 11 is 0. The molecule has 1 aliphatic heterocycles. The number of carbonyl (C=O) groups is 1. The average Bonchev–Trinajstić information content (AvgIpc) is 2.76. The summed E-state index contributed by atoms with van der Waals surface area (Å²) in [6.07, 6.45) is 3.18. The number of fused-ring (bicyclic) bond motifs is 3. The van der Waals surface area contributed by atoms with E-state index in [-0.39, 0.29) is 35.7 Å². The fourth-order valence-corrected chi connectivity index (χ4v) is 3.72. The Labute approximate surface area is 182 Å². The van der Waals surface area contributed by atoms with Crippen LogP contribution in [-0.2, 0) is 11.2 Å². The molecule has 0 aliphatic carbocycles. The van der Waals surface area contributed by atoms with Crippen LogP contribution in [0.3, 0.4) is 0 Å². The third-order valence-electron chi connectivity index (χ3n) is 5.61. The van der Waals surface area contributed by atoms with Crippen molar-refractivity contribution in [1.82, 2.24) is 4.57 Å². The second-order valence-corrected chi connectivity index (χ2v) is 8.60. The first kappa shape index (κ1) is 22.9. The molecule has 1 atom stereocenters. The molecule has 1 N–H and O–H groups in total. The van der Waals surface area contributed by atoms with Gasteiger partial charge in [0, 0.05) is 29.3 Å². The molecule has 0 radical (unpaired) electrons. The van der Waals surface area contributed by atoms with Gasteiger partial charge in [-0.2, -0.15) is 0 Å². The summed E-state index contributed by atoms with van der Waals surface area (Å²) in [5.74, 6) is 0.559. The van der Waals surface area contributed by atoms with Gasteiger partial charge < -0.3 is 23.9 Å². The van der Waals surface area contributed by atoms with Crippen molar-refractivity contribution in [2.45, 2.75) is 46.6 Å². The van der Waals surface area contributed by atoms with Gasteiger partial charge in [-0.15, -0.1) is 0 Å². The highest BCUT2D eigenvalue weighted by Crippen LogP contribution is 2.42. The zero-order chi connectivity index (χ0) is 22.8. The van der Waals surface area contributed by atoms with Crippen LogP contribution in [0, 0.1) is 5.41 Å². The number of nitrogens with zero attached hydrogens (tertiary/aromatic N) is 1. The maximum absolute atomic E-state index is 12.7. The lowest BCUT2D eigenvalue weighted by Gasteiger charge is -2.31. The van der Waals surface area contributed by atoms with Crippen molar-refractivity contribution in [3.63, 3.8) is 0 Å². The molecule has 0 saturated carbocycles. The Bertz CT molecular complexity index is 1020. The van der Waals surface area contributed by atoms with E-state index in [2.05, 4.69) is 6.92 Å². The van der Waals surface area contributed by atoms with E-state index in [4.69, 9.17) is 14.2 Å². The Morgan fingerprint density at radius 3 is 2.58 bits per heavy atom. The molecule has 1 aromatic heterocycles. The lowest BCUT2D eigenvalue weighted by atomic mass is 9.90. The van der Waals surface area contributed by atoms with Gasteiger partial charge in [0.1, 0.15) is 5.56 Å². The van der Waals surface area contributed by atoms with Crippen molar-refractivity contribution in [1.29, 1.82) is 0 Å². The molecule has 1 unspecified atom stereocenters. The summed E-state index contributed by atoms with van der Waals surface area (Å²) in [6.45, 7) is 8.21. The minimum Gasteiger partial charge on any atom is -0.493 e. The third-order valence-corrected chi connectivity index (χ3v) is 5.61. The lowest BCUT2D eigenvalue weighted by Crippen LogP contribution is -2.27. The second-order valence-electron chi connectivity index (χ2n) is 8.60. The van der Waals surface area contributed by atoms with Crippen LogP contribution in [0.15, 0.2) is 29.2 Å². The molecular weight excluding hydrogens is 398 g/mol. The second kappa shape index (κ2) is 9.14. The number of aromatic nitrogens is 1. The highest BCUT2D eigenvalue weighted by molar-refractivity contribution is 5.89. The quantitative estimate of drug-likeness (QED) is 0.645. The molecule has 2 heterocycles. The third kappa shape index (κ3) is 4.61. The van der Waals surface area contributed by atoms with Gasteiger partial charge in [0.2, 0.25) is 0 Å². The molecule has 3 rings (SSSR count). The number of aliphatic hydroxyl groups excluding tert-OH is 1. The number of hydrogen-bond acceptors (Lipinski definition) is 6. The van der Waals surface area contributed by atoms with Crippen molar-refractivity contribution in [2.24, 2.45) is 5.41 Å². The summed E-state index contributed by atoms with van der Waals surface area (Å²) in [7, 11) is 1.57. The Morgan fingerprint density at radius 2 is 1.97 bits per heavy atom. The fourth-order valence-electron chi connectivity index (χ4n) is 3.72. The number of benzene rings is 1. The molecule has 0 saturated heterocycles. The number of aliphatic hydroxyl groups is 1. The first-order chi connectivity index (χ1) is 14.7. The van der Waals surface area contributed by atoms with Crippen LogP contribution in [0.5, 0.6) is 11.5 Å². The van der Waals surface area contributed by atoms with E-state index in [0.29, 0.717) is 18.1 Å². The highest BCUT2D eigenvalue weighted by atomic mass is 16.5. The minimum atomic E-state index is -0.601. The predicted octanol–water partition coefficient (Wildman–Crippen LogP) is 3.61. The Kier molecular flexibility index (Phi) is 6.74. The van der Waals surface area contributed by atoms with Crippen LogP contribution in [-0.4, -0.2) is 42.6 Å². The molecule has 2 aromatic rings. The van der Waals surface area contributed by atoms with Crippen molar-refractivity contribution < 1.29 is 24.1 Å². The van der Waals surface area contributed by atoms with Crippen molar-refractivity contribution in [2.75, 3.05) is 26.9 Å². The van der Waals surface area contributed by atoms with Gasteiger partial charge in [0.15, 0.2) is 16.9 Å². The SMILES string of the molecule is CCOC(=O)c1cn2c(cc1=O)-c1cc(OC)c(OCC(C)(C)CO)cc1CC2CC. The molecule has 7 heteroatoms. The number of esters is 1. The minimum absolute atomic E-state index is 0.0112. The van der Waals surface area contributed by atoms with Crippen LogP contribution in [0.2, 0.25) is 0 Å². The summed E-state index contributed by atoms with van der Waals surface area (Å²) in [6, 6.07) is 5.42. The van der Waals surface area contributed by atoms with Crippen LogP contribution in [0.4, 0.5) is 0 Å². The van der Waals surface area contributed by atoms with E-state index in [0.717, 1.165) is 29.7 Å². The fraction of sp³-hybridized carbons (Fsp3) is 0.500. The number of pyridine rings is 1. The predicted molar refractivity (Wildman–Crippen MR) is 118 cm³/mol. The molecule has 0 bridgehead atoms. The monoisotopic (exact) mass is 429 g/mol. The van der Waals surface area contributed by atoms with Crippen LogP contribution in [0.1, 0.15) is 56.1 Å². The van der Waals surface area contributed by atoms with Gasteiger partial charge >= 0.3 is 5.97 Å². The number of hydrogen-bond donors (Lipinski definition) is 1. The molecule has 0 fully saturated rings. The Hall–Kier alpha value is -2.80. The largest absolute Gasteiger partial charge is 0.493 e. The van der Waals surface area contributed by atoms with E-state index < -0.39 is 5.97 Å². The van der Waals surface area contributed by atoms with Gasteiger partial charge in [-0.05, 0) is 37.5 Å². The standard InChI is InChI=1S/C24H31NO6/c1-6-16-8-15-9-22(31-14-24(3,4)13-26)21(29-5)10-17(15)19-11-20(27)18(12-25(16)19)23(28)30-7-2/h9-12,16,26H,6-8,13-14H2,1-5H3. The summed E-state index contributed by atoms with van der Waals surface area (Å²) in [5.41, 5.74) is 1.97. The Balaban J connectivity index is 2.09. The molecule has 0 spiro atoms. The summed E-state index contributed by atoms with van der Waals surface area (Å²) < 4.78 is 18.6. The average molecular weight is 430 g/mol. The zero-order valence-corrected chi connectivity index (χ0v) is 18.9. The van der Waals surface area contributed by atoms with E-state index in [9.17, 15) is 14.7 Å². The van der Waals surface area contributed by atoms with Crippen LogP contribution < -0.4 is 14.9 Å². The molecule has 1 aliphatic rings. The maximum Gasteiger partial charge on any atom is 0.343 e. The normalized spacial score (nSPS) is 15.1. The molecule has 1 aromatic carbocycles. The van der Waals surface area contributed by atoms with Crippen molar-refractivity contribution in [3.8, 4) is 22.8 Å². The number of methoxy groups -OCH3 is 1. The zero-order valence-electron chi connectivity index (χ0n) is 18.9. The van der Waals surface area contributed by atoms with Crippen molar-refractivity contribution >= 4 is 5.97 Å². The number of carbonyl (C=O) groups excluding carboxylic acids is 1. The molecular formula is C24H31NO6. The Morgan fingerprint density at radius 1 is 1.23 bits per heavy atom. The first-order valence-electron chi connectivity index (χ1n) is 10.6. The van der Waals surface area contributed by atoms with Gasteiger partial charge in [-0.1, -0.05) is 20.8 Å². The van der Waals surface area contributed by atoms with Gasteiger partial charge in [-0.3, -0.25) is 4.79 Å². The van der Waals surface area contributed by atoms with Gasteiger partial charge in [-0.25, -0.2) is 4.79 Å². The summed E-state index contributed by atoms with van der Waals surface area (Å²) in [5, 5.41) is 9.51. The van der Waals surface area contributed by atoms with E-state index in [1.165, 1.54) is 6.07 Å². The topological polar surface area (TPSA) is 87.0 Å². The smallest absolute Gasteiger partial charge is 0.343 e. The van der Waals surface area contributed by atoms with Gasteiger partial charge in [0.05, 0.1) is 32.6 Å². The molecule has 31 heavy (non-hydrogen) atoms. The summed E-state index contributed by atoms with van der Waals surface area (Å²) in [4.78, 5) is 24.9. The maximum atomic E-state index is 12.7. The van der Waals surface area contributed by atoms with Crippen LogP contribution in [0.25, 0.3) is 11.3 Å². The van der Waals surface area contributed by atoms with E-state index >= 15 is 0 Å². The highest BCUT2D eigenvalue weighted by Gasteiger charge is 2.28. The van der Waals surface area contributed by atoms with Crippen LogP contribution >= 0.6 is 0 Å². The van der Waals surface area contributed by atoms with Crippen molar-refractivity contribution in [3.05, 3.63) is 45.7 Å². The molecule has 7 nitrogen and oxygen atoms in total.